The number of nitrogens with one attached hydrogen (secondary N) is 2. The van der Waals surface area contributed by atoms with Crippen molar-refractivity contribution in [2.75, 3.05) is 7.11 Å². The minimum atomic E-state index is -0.368. The number of aryl methyl sites for hydroxylation is 1. The molecule has 5 heteroatoms. The fraction of sp³-hybridized carbons (Fsp3) is 0.364. The highest BCUT2D eigenvalue weighted by atomic mass is 16.5. The molecule has 0 aromatic heterocycles. The van der Waals surface area contributed by atoms with E-state index < -0.39 is 0 Å². The summed E-state index contributed by atoms with van der Waals surface area (Å²) in [4.78, 5) is 24.3. The monoisotopic (exact) mass is 366 g/mol. The van der Waals surface area contributed by atoms with Crippen LogP contribution in [0.1, 0.15) is 55.0 Å². The quantitative estimate of drug-likeness (QED) is 0.823. The van der Waals surface area contributed by atoms with Crippen molar-refractivity contribution in [1.82, 2.24) is 10.6 Å². The Kier molecular flexibility index (Phi) is 6.12. The van der Waals surface area contributed by atoms with E-state index in [1.54, 1.807) is 7.11 Å². The smallest absolute Gasteiger partial charge is 0.222 e. The Bertz CT molecular complexity index is 801. The van der Waals surface area contributed by atoms with Crippen LogP contribution in [0.15, 0.2) is 48.5 Å². The molecule has 2 N–H and O–H groups in total. The molecule has 2 amide bonds. The predicted octanol–water partition coefficient (Wildman–Crippen LogP) is 3.46. The van der Waals surface area contributed by atoms with Crippen LogP contribution in [-0.2, 0) is 16.0 Å². The third-order valence-electron chi connectivity index (χ3n) is 4.99. The summed E-state index contributed by atoms with van der Waals surface area (Å²) in [6, 6.07) is 15.4. The molecule has 0 bridgehead atoms. The summed E-state index contributed by atoms with van der Waals surface area (Å²) in [5.41, 5.74) is 3.39. The van der Waals surface area contributed by atoms with Gasteiger partial charge in [0.2, 0.25) is 11.8 Å². The maximum absolute atomic E-state index is 12.7. The molecule has 0 aliphatic heterocycles. The fourth-order valence-electron chi connectivity index (χ4n) is 3.68. The molecular weight excluding hydrogens is 340 g/mol. The Morgan fingerprint density at radius 2 is 1.89 bits per heavy atom. The van der Waals surface area contributed by atoms with Gasteiger partial charge in [0.25, 0.3) is 0 Å². The number of carbonyl (C=O) groups excluding carboxylic acids is 2. The lowest BCUT2D eigenvalue weighted by molar-refractivity contribution is -0.123. The minimum absolute atomic E-state index is 0.0382. The zero-order valence-corrected chi connectivity index (χ0v) is 15.8. The number of ether oxygens (including phenoxy) is 1. The predicted molar refractivity (Wildman–Crippen MR) is 104 cm³/mol. The van der Waals surface area contributed by atoms with Gasteiger partial charge < -0.3 is 15.4 Å². The van der Waals surface area contributed by atoms with Crippen LogP contribution >= 0.6 is 0 Å². The van der Waals surface area contributed by atoms with Crippen LogP contribution in [0.2, 0.25) is 0 Å². The molecule has 0 fully saturated rings. The van der Waals surface area contributed by atoms with Crippen LogP contribution in [0.4, 0.5) is 0 Å². The van der Waals surface area contributed by atoms with Gasteiger partial charge in [-0.05, 0) is 48.1 Å². The molecule has 1 aliphatic rings. The molecule has 0 radical (unpaired) electrons. The van der Waals surface area contributed by atoms with Gasteiger partial charge in [-0.2, -0.15) is 0 Å². The molecule has 142 valence electrons. The Hall–Kier alpha value is -2.82. The number of carbonyl (C=O) groups is 2. The Balaban J connectivity index is 1.70. The van der Waals surface area contributed by atoms with Crippen molar-refractivity contribution in [3.05, 3.63) is 65.2 Å². The Morgan fingerprint density at radius 3 is 2.59 bits per heavy atom. The summed E-state index contributed by atoms with van der Waals surface area (Å²) in [6.07, 6.45) is 3.26. The van der Waals surface area contributed by atoms with Gasteiger partial charge in [0.1, 0.15) is 5.75 Å². The highest BCUT2D eigenvalue weighted by molar-refractivity contribution is 5.79. The van der Waals surface area contributed by atoms with Crippen molar-refractivity contribution in [3.63, 3.8) is 0 Å². The molecule has 5 nitrogen and oxygen atoms in total. The van der Waals surface area contributed by atoms with Crippen molar-refractivity contribution < 1.29 is 14.3 Å². The van der Waals surface area contributed by atoms with Gasteiger partial charge >= 0.3 is 0 Å². The summed E-state index contributed by atoms with van der Waals surface area (Å²) in [5, 5.41) is 6.04. The molecule has 0 saturated heterocycles. The average molecular weight is 366 g/mol. The van der Waals surface area contributed by atoms with E-state index in [-0.39, 0.29) is 30.3 Å². The van der Waals surface area contributed by atoms with Crippen LogP contribution in [0.3, 0.4) is 0 Å². The molecular formula is C22H26N2O3. The van der Waals surface area contributed by atoms with Crippen LogP contribution in [-0.4, -0.2) is 18.9 Å². The molecule has 1 aliphatic carbocycles. The molecule has 0 heterocycles. The summed E-state index contributed by atoms with van der Waals surface area (Å²) in [5.74, 6) is 0.515. The number of hydrogen-bond donors (Lipinski definition) is 2. The normalized spacial score (nSPS) is 16.7. The molecule has 27 heavy (non-hydrogen) atoms. The molecule has 2 aromatic carbocycles. The Labute approximate surface area is 160 Å². The topological polar surface area (TPSA) is 67.4 Å². The van der Waals surface area contributed by atoms with E-state index in [0.29, 0.717) is 0 Å². The van der Waals surface area contributed by atoms with Crippen LogP contribution in [0.5, 0.6) is 5.75 Å². The first-order valence-electron chi connectivity index (χ1n) is 9.35. The molecule has 0 unspecified atom stereocenters. The first-order valence-corrected chi connectivity index (χ1v) is 9.35. The number of fused-ring (bicyclic) bond motifs is 1. The van der Waals surface area contributed by atoms with Crippen LogP contribution < -0.4 is 15.4 Å². The zero-order chi connectivity index (χ0) is 19.2. The number of methoxy groups -OCH3 is 1. The first kappa shape index (κ1) is 19.0. The largest absolute Gasteiger partial charge is 0.497 e. The van der Waals surface area contributed by atoms with E-state index in [9.17, 15) is 9.59 Å². The van der Waals surface area contributed by atoms with E-state index in [4.69, 9.17) is 4.74 Å². The van der Waals surface area contributed by atoms with Gasteiger partial charge in [-0.3, -0.25) is 9.59 Å². The summed E-state index contributed by atoms with van der Waals surface area (Å²) >= 11 is 0. The van der Waals surface area contributed by atoms with Crippen molar-refractivity contribution in [3.8, 4) is 5.75 Å². The SMILES string of the molecule is COc1ccc([C@H](CC(=O)N[C@@H]2CCCc3ccccc32)NC(C)=O)cc1. The molecule has 0 saturated carbocycles. The van der Waals surface area contributed by atoms with Gasteiger partial charge in [0.15, 0.2) is 0 Å². The second-order valence-corrected chi connectivity index (χ2v) is 6.94. The average Bonchev–Trinajstić information content (AvgIpc) is 2.67. The zero-order valence-electron chi connectivity index (χ0n) is 15.8. The lowest BCUT2D eigenvalue weighted by Gasteiger charge is -2.27. The third kappa shape index (κ3) is 4.88. The lowest BCUT2D eigenvalue weighted by Crippen LogP contribution is -2.35. The third-order valence-corrected chi connectivity index (χ3v) is 4.99. The van der Waals surface area contributed by atoms with Crippen LogP contribution in [0, 0.1) is 0 Å². The fourth-order valence-corrected chi connectivity index (χ4v) is 3.68. The number of rotatable bonds is 6. The lowest BCUT2D eigenvalue weighted by atomic mass is 9.87. The number of amides is 2. The van der Waals surface area contributed by atoms with Crippen molar-refractivity contribution in [2.24, 2.45) is 0 Å². The maximum atomic E-state index is 12.7. The minimum Gasteiger partial charge on any atom is -0.497 e. The van der Waals surface area contributed by atoms with E-state index in [1.165, 1.54) is 18.1 Å². The van der Waals surface area contributed by atoms with Crippen molar-refractivity contribution >= 4 is 11.8 Å². The van der Waals surface area contributed by atoms with Gasteiger partial charge in [0, 0.05) is 6.92 Å². The van der Waals surface area contributed by atoms with Gasteiger partial charge in [0.05, 0.1) is 25.6 Å². The van der Waals surface area contributed by atoms with Crippen molar-refractivity contribution in [1.29, 1.82) is 0 Å². The van der Waals surface area contributed by atoms with E-state index in [1.807, 2.05) is 36.4 Å². The second-order valence-electron chi connectivity index (χ2n) is 6.94. The van der Waals surface area contributed by atoms with E-state index in [2.05, 4.69) is 22.8 Å². The highest BCUT2D eigenvalue weighted by Gasteiger charge is 2.23. The van der Waals surface area contributed by atoms with Gasteiger partial charge in [-0.25, -0.2) is 0 Å². The van der Waals surface area contributed by atoms with Gasteiger partial charge in [-0.15, -0.1) is 0 Å². The summed E-state index contributed by atoms with van der Waals surface area (Å²) in [7, 11) is 1.61. The van der Waals surface area contributed by atoms with Gasteiger partial charge in [-0.1, -0.05) is 36.4 Å². The summed E-state index contributed by atoms with van der Waals surface area (Å²) < 4.78 is 5.18. The summed E-state index contributed by atoms with van der Waals surface area (Å²) in [6.45, 7) is 1.46. The molecule has 3 rings (SSSR count). The molecule has 0 spiro atoms. The van der Waals surface area contributed by atoms with Crippen LogP contribution in [0.25, 0.3) is 0 Å². The number of hydrogen-bond acceptors (Lipinski definition) is 3. The second kappa shape index (κ2) is 8.71. The number of benzene rings is 2. The Morgan fingerprint density at radius 1 is 1.15 bits per heavy atom. The first-order chi connectivity index (χ1) is 13.1. The molecule has 2 atom stereocenters. The van der Waals surface area contributed by atoms with E-state index in [0.717, 1.165) is 30.6 Å². The molecule has 2 aromatic rings. The highest BCUT2D eigenvalue weighted by Crippen LogP contribution is 2.30. The van der Waals surface area contributed by atoms with E-state index >= 15 is 0 Å². The standard InChI is InChI=1S/C22H26N2O3/c1-15(25)23-21(17-10-12-18(27-2)13-11-17)14-22(26)24-20-9-5-7-16-6-3-4-8-19(16)20/h3-4,6,8,10-13,20-21H,5,7,9,14H2,1-2H3,(H,23,25)(H,24,26)/t20-,21+/m1/s1. The van der Waals surface area contributed by atoms with Crippen molar-refractivity contribution in [2.45, 2.75) is 44.7 Å². The maximum Gasteiger partial charge on any atom is 0.222 e.